The fraction of sp³-hybridized carbons (Fsp3) is 0.917. The van der Waals surface area contributed by atoms with Gasteiger partial charge < -0.3 is 15.6 Å². The zero-order valence-corrected chi connectivity index (χ0v) is 10.6. The van der Waals surface area contributed by atoms with Crippen LogP contribution in [-0.2, 0) is 9.53 Å². The van der Waals surface area contributed by atoms with E-state index in [1.165, 1.54) is 26.2 Å². The Morgan fingerprint density at radius 3 is 2.44 bits per heavy atom. The standard InChI is InChI=1S/C12H25NO3/c1-4-5-6-7-8-9(2)16-12(15)11(13)10(3)14/h9-11,14H,4-8,13H2,1-3H3/t9-,10?,11-/m1/s1. The molecule has 0 fully saturated rings. The lowest BCUT2D eigenvalue weighted by molar-refractivity contribution is -0.152. The van der Waals surface area contributed by atoms with Gasteiger partial charge in [0.05, 0.1) is 12.2 Å². The van der Waals surface area contributed by atoms with Crippen molar-refractivity contribution in [3.63, 3.8) is 0 Å². The third kappa shape index (κ3) is 6.80. The number of carbonyl (C=O) groups excluding carboxylic acids is 1. The molecule has 4 nitrogen and oxygen atoms in total. The maximum Gasteiger partial charge on any atom is 0.325 e. The first-order chi connectivity index (χ1) is 7.49. The summed E-state index contributed by atoms with van der Waals surface area (Å²) in [4.78, 5) is 11.4. The van der Waals surface area contributed by atoms with Crippen LogP contribution in [0, 0.1) is 0 Å². The maximum atomic E-state index is 11.4. The van der Waals surface area contributed by atoms with E-state index in [4.69, 9.17) is 15.6 Å². The van der Waals surface area contributed by atoms with Gasteiger partial charge in [0.15, 0.2) is 0 Å². The summed E-state index contributed by atoms with van der Waals surface area (Å²) in [5.41, 5.74) is 5.46. The molecule has 3 atom stereocenters. The highest BCUT2D eigenvalue weighted by molar-refractivity contribution is 5.76. The Morgan fingerprint density at radius 2 is 1.94 bits per heavy atom. The molecule has 3 N–H and O–H groups in total. The molecule has 0 saturated heterocycles. The number of aliphatic hydroxyl groups is 1. The van der Waals surface area contributed by atoms with E-state index in [0.717, 1.165) is 12.8 Å². The first-order valence-electron chi connectivity index (χ1n) is 6.13. The number of rotatable bonds is 8. The van der Waals surface area contributed by atoms with Crippen LogP contribution in [0.3, 0.4) is 0 Å². The third-order valence-electron chi connectivity index (χ3n) is 2.57. The molecular formula is C12H25NO3. The molecule has 0 amide bonds. The maximum absolute atomic E-state index is 11.4. The van der Waals surface area contributed by atoms with Gasteiger partial charge in [-0.25, -0.2) is 0 Å². The van der Waals surface area contributed by atoms with Crippen molar-refractivity contribution < 1.29 is 14.6 Å². The molecule has 0 bridgehead atoms. The number of unbranched alkanes of at least 4 members (excludes halogenated alkanes) is 3. The Kier molecular flexibility index (Phi) is 8.21. The fourth-order valence-electron chi connectivity index (χ4n) is 1.39. The second-order valence-corrected chi connectivity index (χ2v) is 4.36. The first-order valence-corrected chi connectivity index (χ1v) is 6.13. The highest BCUT2D eigenvalue weighted by atomic mass is 16.5. The number of carbonyl (C=O) groups is 1. The second-order valence-electron chi connectivity index (χ2n) is 4.36. The summed E-state index contributed by atoms with van der Waals surface area (Å²) < 4.78 is 5.13. The van der Waals surface area contributed by atoms with Gasteiger partial charge in [-0.1, -0.05) is 26.2 Å². The summed E-state index contributed by atoms with van der Waals surface area (Å²) in [7, 11) is 0. The van der Waals surface area contributed by atoms with Crippen molar-refractivity contribution in [1.29, 1.82) is 0 Å². The van der Waals surface area contributed by atoms with E-state index in [1.54, 1.807) is 0 Å². The fourth-order valence-corrected chi connectivity index (χ4v) is 1.39. The van der Waals surface area contributed by atoms with Crippen molar-refractivity contribution in [3.8, 4) is 0 Å². The molecule has 0 rings (SSSR count). The van der Waals surface area contributed by atoms with E-state index in [0.29, 0.717) is 0 Å². The number of aliphatic hydroxyl groups excluding tert-OH is 1. The van der Waals surface area contributed by atoms with Crippen LogP contribution in [0.5, 0.6) is 0 Å². The van der Waals surface area contributed by atoms with Crippen LogP contribution in [0.1, 0.15) is 52.9 Å². The third-order valence-corrected chi connectivity index (χ3v) is 2.57. The molecule has 0 aliphatic carbocycles. The molecule has 1 unspecified atom stereocenters. The average molecular weight is 231 g/mol. The summed E-state index contributed by atoms with van der Waals surface area (Å²) in [6.07, 6.45) is 4.52. The lowest BCUT2D eigenvalue weighted by atomic mass is 10.1. The number of ether oxygens (including phenoxy) is 1. The summed E-state index contributed by atoms with van der Waals surface area (Å²) in [6, 6.07) is -0.932. The summed E-state index contributed by atoms with van der Waals surface area (Å²) in [5.74, 6) is -0.516. The molecule has 0 aromatic rings. The van der Waals surface area contributed by atoms with Crippen LogP contribution < -0.4 is 5.73 Å². The van der Waals surface area contributed by atoms with Gasteiger partial charge in [-0.2, -0.15) is 0 Å². The Morgan fingerprint density at radius 1 is 1.31 bits per heavy atom. The molecule has 0 radical (unpaired) electrons. The van der Waals surface area contributed by atoms with Gasteiger partial charge in [-0.05, 0) is 26.7 Å². The van der Waals surface area contributed by atoms with Crippen LogP contribution in [0.25, 0.3) is 0 Å². The molecule has 96 valence electrons. The van der Waals surface area contributed by atoms with E-state index in [1.807, 2.05) is 6.92 Å². The minimum atomic E-state index is -0.932. The van der Waals surface area contributed by atoms with Crippen molar-refractivity contribution in [2.45, 2.75) is 71.1 Å². The van der Waals surface area contributed by atoms with Crippen molar-refractivity contribution in [2.75, 3.05) is 0 Å². The van der Waals surface area contributed by atoms with E-state index in [9.17, 15) is 4.79 Å². The van der Waals surface area contributed by atoms with Crippen LogP contribution in [0.4, 0.5) is 0 Å². The predicted octanol–water partition coefficient (Wildman–Crippen LogP) is 1.60. The highest BCUT2D eigenvalue weighted by Gasteiger charge is 2.21. The number of hydrogen-bond donors (Lipinski definition) is 2. The Bertz CT molecular complexity index is 195. The molecule has 0 aliphatic heterocycles. The summed E-state index contributed by atoms with van der Waals surface area (Å²) >= 11 is 0. The summed E-state index contributed by atoms with van der Waals surface area (Å²) in [6.45, 7) is 5.50. The molecule has 0 heterocycles. The topological polar surface area (TPSA) is 72.5 Å². The molecule has 0 aliphatic rings. The quantitative estimate of drug-likeness (QED) is 0.491. The second kappa shape index (κ2) is 8.53. The summed E-state index contributed by atoms with van der Waals surface area (Å²) in [5, 5.41) is 9.12. The van der Waals surface area contributed by atoms with Gasteiger partial charge in [0.1, 0.15) is 6.04 Å². The van der Waals surface area contributed by atoms with Gasteiger partial charge >= 0.3 is 5.97 Å². The minimum absolute atomic E-state index is 0.117. The molecule has 0 spiro atoms. The van der Waals surface area contributed by atoms with E-state index < -0.39 is 18.1 Å². The van der Waals surface area contributed by atoms with Crippen LogP contribution in [-0.4, -0.2) is 29.3 Å². The zero-order valence-electron chi connectivity index (χ0n) is 10.6. The lowest BCUT2D eigenvalue weighted by Gasteiger charge is -2.18. The van der Waals surface area contributed by atoms with Gasteiger partial charge in [0, 0.05) is 0 Å². The average Bonchev–Trinajstić information content (AvgIpc) is 2.23. The highest BCUT2D eigenvalue weighted by Crippen LogP contribution is 2.08. The number of nitrogens with two attached hydrogens (primary N) is 1. The molecule has 4 heteroatoms. The van der Waals surface area contributed by atoms with Crippen molar-refractivity contribution in [1.82, 2.24) is 0 Å². The van der Waals surface area contributed by atoms with Crippen molar-refractivity contribution in [2.24, 2.45) is 5.73 Å². The van der Waals surface area contributed by atoms with Gasteiger partial charge in [0.25, 0.3) is 0 Å². The van der Waals surface area contributed by atoms with Gasteiger partial charge in [0.2, 0.25) is 0 Å². The number of hydrogen-bond acceptors (Lipinski definition) is 4. The van der Waals surface area contributed by atoms with Crippen LogP contribution in [0.2, 0.25) is 0 Å². The van der Waals surface area contributed by atoms with Crippen LogP contribution >= 0.6 is 0 Å². The first kappa shape index (κ1) is 15.4. The van der Waals surface area contributed by atoms with Gasteiger partial charge in [-0.3, -0.25) is 4.79 Å². The molecule has 0 aromatic carbocycles. The zero-order chi connectivity index (χ0) is 12.6. The van der Waals surface area contributed by atoms with Crippen molar-refractivity contribution >= 4 is 5.97 Å². The minimum Gasteiger partial charge on any atom is -0.461 e. The monoisotopic (exact) mass is 231 g/mol. The van der Waals surface area contributed by atoms with Gasteiger partial charge in [-0.15, -0.1) is 0 Å². The smallest absolute Gasteiger partial charge is 0.325 e. The van der Waals surface area contributed by atoms with E-state index in [2.05, 4.69) is 6.92 Å². The van der Waals surface area contributed by atoms with Crippen molar-refractivity contribution in [3.05, 3.63) is 0 Å². The predicted molar refractivity (Wildman–Crippen MR) is 64.0 cm³/mol. The largest absolute Gasteiger partial charge is 0.461 e. The van der Waals surface area contributed by atoms with Crippen LogP contribution in [0.15, 0.2) is 0 Å². The van der Waals surface area contributed by atoms with E-state index >= 15 is 0 Å². The molecule has 0 aromatic heterocycles. The lowest BCUT2D eigenvalue weighted by Crippen LogP contribution is -2.42. The Balaban J connectivity index is 3.69. The Hall–Kier alpha value is -0.610. The Labute approximate surface area is 98.2 Å². The van der Waals surface area contributed by atoms with E-state index in [-0.39, 0.29) is 6.10 Å². The normalized spacial score (nSPS) is 16.6. The SMILES string of the molecule is CCCCCC[C@@H](C)OC(=O)[C@H](N)C(C)O. The molecular weight excluding hydrogens is 206 g/mol. The number of esters is 1. The molecule has 0 saturated carbocycles. The molecule has 16 heavy (non-hydrogen) atoms.